The van der Waals surface area contributed by atoms with Crippen molar-refractivity contribution in [3.05, 3.63) is 0 Å². The lowest BCUT2D eigenvalue weighted by molar-refractivity contribution is -0.142. The molecule has 14 heavy (non-hydrogen) atoms. The molecule has 0 radical (unpaired) electrons. The minimum absolute atomic E-state index is 0.0291. The number of aliphatic hydroxyl groups is 1. The third kappa shape index (κ3) is 5.26. The number of rotatable bonds is 7. The molecule has 0 fully saturated rings. The van der Waals surface area contributed by atoms with Crippen LogP contribution in [0.1, 0.15) is 19.3 Å². The van der Waals surface area contributed by atoms with Crippen LogP contribution in [0.15, 0.2) is 0 Å². The van der Waals surface area contributed by atoms with E-state index in [2.05, 4.69) is 5.32 Å². The van der Waals surface area contributed by atoms with Gasteiger partial charge in [-0.3, -0.25) is 4.79 Å². The minimum atomic E-state index is -1.20. The SMILES string of the molecule is O=CCCC(=O)N[C@@H](CCO)C(=O)O. The van der Waals surface area contributed by atoms with E-state index in [0.29, 0.717) is 6.29 Å². The third-order valence-corrected chi connectivity index (χ3v) is 1.54. The highest BCUT2D eigenvalue weighted by atomic mass is 16.4. The molecule has 0 heterocycles. The first-order valence-electron chi connectivity index (χ1n) is 4.18. The van der Waals surface area contributed by atoms with E-state index in [9.17, 15) is 14.4 Å². The highest BCUT2D eigenvalue weighted by molar-refractivity contribution is 5.84. The Hall–Kier alpha value is -1.43. The van der Waals surface area contributed by atoms with Crippen LogP contribution in [0.5, 0.6) is 0 Å². The van der Waals surface area contributed by atoms with Crippen LogP contribution in [-0.4, -0.2) is 41.0 Å². The molecule has 0 aromatic heterocycles. The van der Waals surface area contributed by atoms with Crippen molar-refractivity contribution < 1.29 is 24.6 Å². The predicted octanol–water partition coefficient (Wildman–Crippen LogP) is -1.08. The normalized spacial score (nSPS) is 11.8. The number of carboxylic acids is 1. The van der Waals surface area contributed by atoms with Crippen molar-refractivity contribution in [2.75, 3.05) is 6.61 Å². The molecule has 0 spiro atoms. The average molecular weight is 203 g/mol. The highest BCUT2D eigenvalue weighted by Gasteiger charge is 2.18. The van der Waals surface area contributed by atoms with Crippen molar-refractivity contribution in [3.63, 3.8) is 0 Å². The molecule has 6 nitrogen and oxygen atoms in total. The first kappa shape index (κ1) is 12.6. The fourth-order valence-electron chi connectivity index (χ4n) is 0.843. The molecule has 0 bridgehead atoms. The van der Waals surface area contributed by atoms with E-state index in [0.717, 1.165) is 0 Å². The molecule has 0 rings (SSSR count). The standard InChI is InChI=1S/C8H13NO5/c10-4-1-2-7(12)9-6(3-5-11)8(13)14/h4,6,11H,1-3,5H2,(H,9,12)(H,13,14)/t6-/m0/s1. The number of hydrogen-bond donors (Lipinski definition) is 3. The Labute approximate surface area is 80.9 Å². The molecule has 0 saturated heterocycles. The molecule has 3 N–H and O–H groups in total. The molecule has 0 unspecified atom stereocenters. The van der Waals surface area contributed by atoms with Gasteiger partial charge in [0.1, 0.15) is 12.3 Å². The summed E-state index contributed by atoms with van der Waals surface area (Å²) in [5.74, 6) is -1.70. The Morgan fingerprint density at radius 3 is 2.50 bits per heavy atom. The van der Waals surface area contributed by atoms with Crippen molar-refractivity contribution in [1.82, 2.24) is 5.32 Å². The molecular weight excluding hydrogens is 190 g/mol. The zero-order valence-corrected chi connectivity index (χ0v) is 7.60. The lowest BCUT2D eigenvalue weighted by atomic mass is 10.2. The maximum absolute atomic E-state index is 11.0. The van der Waals surface area contributed by atoms with Crippen molar-refractivity contribution in [3.8, 4) is 0 Å². The van der Waals surface area contributed by atoms with Gasteiger partial charge in [-0.2, -0.15) is 0 Å². The molecule has 0 aliphatic rings. The summed E-state index contributed by atoms with van der Waals surface area (Å²) in [4.78, 5) is 31.4. The summed E-state index contributed by atoms with van der Waals surface area (Å²) in [5.41, 5.74) is 0. The second-order valence-electron chi connectivity index (χ2n) is 2.68. The van der Waals surface area contributed by atoms with Gasteiger partial charge >= 0.3 is 5.97 Å². The van der Waals surface area contributed by atoms with Crippen LogP contribution in [0.4, 0.5) is 0 Å². The summed E-state index contributed by atoms with van der Waals surface area (Å²) in [6, 6.07) is -1.08. The van der Waals surface area contributed by atoms with E-state index in [1.54, 1.807) is 0 Å². The van der Waals surface area contributed by atoms with Gasteiger partial charge in [0.05, 0.1) is 0 Å². The number of nitrogens with one attached hydrogen (secondary N) is 1. The van der Waals surface area contributed by atoms with E-state index in [1.807, 2.05) is 0 Å². The summed E-state index contributed by atoms with van der Waals surface area (Å²) >= 11 is 0. The largest absolute Gasteiger partial charge is 0.480 e. The molecule has 6 heteroatoms. The van der Waals surface area contributed by atoms with Crippen molar-refractivity contribution in [2.24, 2.45) is 0 Å². The summed E-state index contributed by atoms with van der Waals surface area (Å²) < 4.78 is 0. The van der Waals surface area contributed by atoms with Crippen LogP contribution in [0.3, 0.4) is 0 Å². The molecule has 0 aromatic rings. The lowest BCUT2D eigenvalue weighted by Crippen LogP contribution is -2.41. The number of aliphatic hydroxyl groups excluding tert-OH is 1. The van der Waals surface area contributed by atoms with Crippen molar-refractivity contribution >= 4 is 18.2 Å². The average Bonchev–Trinajstić information content (AvgIpc) is 2.14. The Balaban J connectivity index is 3.95. The number of aliphatic carboxylic acids is 1. The molecule has 1 atom stereocenters. The minimum Gasteiger partial charge on any atom is -0.480 e. The molecule has 0 aliphatic carbocycles. The van der Waals surface area contributed by atoms with Gasteiger partial charge in [-0.15, -0.1) is 0 Å². The summed E-state index contributed by atoms with van der Waals surface area (Å²) in [6.07, 6.45) is 0.583. The van der Waals surface area contributed by atoms with Crippen LogP contribution in [-0.2, 0) is 14.4 Å². The third-order valence-electron chi connectivity index (χ3n) is 1.54. The van der Waals surface area contributed by atoms with Gasteiger partial charge in [-0.05, 0) is 0 Å². The Morgan fingerprint density at radius 1 is 1.43 bits per heavy atom. The van der Waals surface area contributed by atoms with Gasteiger partial charge in [0.25, 0.3) is 0 Å². The monoisotopic (exact) mass is 203 g/mol. The number of carbonyl (C=O) groups is 3. The molecule has 0 saturated carbocycles. The summed E-state index contributed by atoms with van der Waals surface area (Å²) in [5, 5.41) is 19.3. The van der Waals surface area contributed by atoms with Crippen LogP contribution < -0.4 is 5.32 Å². The van der Waals surface area contributed by atoms with Crippen LogP contribution in [0.25, 0.3) is 0 Å². The molecule has 0 aromatic carbocycles. The number of hydrogen-bond acceptors (Lipinski definition) is 4. The lowest BCUT2D eigenvalue weighted by Gasteiger charge is -2.12. The van der Waals surface area contributed by atoms with Crippen molar-refractivity contribution in [2.45, 2.75) is 25.3 Å². The zero-order valence-electron chi connectivity index (χ0n) is 7.60. The smallest absolute Gasteiger partial charge is 0.326 e. The number of amides is 1. The van der Waals surface area contributed by atoms with E-state index in [4.69, 9.17) is 10.2 Å². The quantitative estimate of drug-likeness (QED) is 0.456. The second kappa shape index (κ2) is 7.02. The molecular formula is C8H13NO5. The zero-order chi connectivity index (χ0) is 11.0. The van der Waals surface area contributed by atoms with Gasteiger partial charge in [0.2, 0.25) is 5.91 Å². The second-order valence-corrected chi connectivity index (χ2v) is 2.68. The van der Waals surface area contributed by atoms with E-state index in [-0.39, 0.29) is 25.9 Å². The van der Waals surface area contributed by atoms with Crippen LogP contribution >= 0.6 is 0 Å². The van der Waals surface area contributed by atoms with E-state index in [1.165, 1.54) is 0 Å². The molecule has 80 valence electrons. The number of carboxylic acid groups (broad SMARTS) is 1. The Kier molecular flexibility index (Phi) is 6.30. The van der Waals surface area contributed by atoms with Gasteiger partial charge in [-0.25, -0.2) is 4.79 Å². The maximum atomic E-state index is 11.0. The molecule has 1 amide bonds. The number of carbonyl (C=O) groups excluding carboxylic acids is 2. The Morgan fingerprint density at radius 2 is 2.07 bits per heavy atom. The van der Waals surface area contributed by atoms with Crippen molar-refractivity contribution in [1.29, 1.82) is 0 Å². The fourth-order valence-corrected chi connectivity index (χ4v) is 0.843. The first-order chi connectivity index (χ1) is 6.61. The molecule has 0 aliphatic heterocycles. The van der Waals surface area contributed by atoms with E-state index >= 15 is 0 Å². The maximum Gasteiger partial charge on any atom is 0.326 e. The predicted molar refractivity (Wildman–Crippen MR) is 46.6 cm³/mol. The number of aldehydes is 1. The highest BCUT2D eigenvalue weighted by Crippen LogP contribution is 1.93. The summed E-state index contributed by atoms with van der Waals surface area (Å²) in [7, 11) is 0. The van der Waals surface area contributed by atoms with Crippen LogP contribution in [0.2, 0.25) is 0 Å². The van der Waals surface area contributed by atoms with Crippen LogP contribution in [0, 0.1) is 0 Å². The Bertz CT molecular complexity index is 216. The van der Waals surface area contributed by atoms with Gasteiger partial charge in [-0.1, -0.05) is 0 Å². The van der Waals surface area contributed by atoms with E-state index < -0.39 is 17.9 Å². The fraction of sp³-hybridized carbons (Fsp3) is 0.625. The van der Waals surface area contributed by atoms with Gasteiger partial charge < -0.3 is 20.3 Å². The van der Waals surface area contributed by atoms with Gasteiger partial charge in [0, 0.05) is 25.9 Å². The first-order valence-corrected chi connectivity index (χ1v) is 4.18. The summed E-state index contributed by atoms with van der Waals surface area (Å²) in [6.45, 7) is -0.315. The van der Waals surface area contributed by atoms with Gasteiger partial charge in [0.15, 0.2) is 0 Å². The topological polar surface area (TPSA) is 104 Å².